The van der Waals surface area contributed by atoms with Gasteiger partial charge >= 0.3 is 0 Å². The first kappa shape index (κ1) is 23.6. The quantitative estimate of drug-likeness (QED) is 0.343. The van der Waals surface area contributed by atoms with Crippen molar-refractivity contribution in [3.8, 4) is 11.5 Å². The molecule has 2 aliphatic heterocycles. The van der Waals surface area contributed by atoms with Crippen LogP contribution in [-0.2, 0) is 13.1 Å². The molecule has 1 unspecified atom stereocenters. The monoisotopic (exact) mass is 525 g/mol. The highest BCUT2D eigenvalue weighted by molar-refractivity contribution is 5.83. The van der Waals surface area contributed by atoms with Gasteiger partial charge in [-0.05, 0) is 40.3 Å². The fourth-order valence-electron chi connectivity index (χ4n) is 5.39. The van der Waals surface area contributed by atoms with E-state index >= 15 is 0 Å². The summed E-state index contributed by atoms with van der Waals surface area (Å²) in [5.74, 6) is 2.86. The van der Waals surface area contributed by atoms with Crippen molar-refractivity contribution in [2.24, 2.45) is 0 Å². The number of piperazine rings is 1. The molecule has 198 valence electrons. The van der Waals surface area contributed by atoms with Crippen LogP contribution in [0, 0.1) is 0 Å². The minimum atomic E-state index is -0.437. The van der Waals surface area contributed by atoms with Gasteiger partial charge in [-0.1, -0.05) is 30.3 Å². The highest BCUT2D eigenvalue weighted by Crippen LogP contribution is 2.36. The molecular formula is C28H27N7O4. The van der Waals surface area contributed by atoms with Gasteiger partial charge in [0, 0.05) is 43.2 Å². The number of rotatable bonds is 7. The van der Waals surface area contributed by atoms with Crippen molar-refractivity contribution in [3.05, 3.63) is 100.0 Å². The number of nitrogens with zero attached hydrogens (tertiary/aromatic N) is 6. The zero-order valence-corrected chi connectivity index (χ0v) is 21.2. The van der Waals surface area contributed by atoms with Gasteiger partial charge in [0.05, 0.1) is 24.9 Å². The minimum Gasteiger partial charge on any atom is -0.468 e. The number of hydrogen-bond donors (Lipinski definition) is 1. The summed E-state index contributed by atoms with van der Waals surface area (Å²) in [6, 6.07) is 19.2. The molecule has 0 radical (unpaired) electrons. The third-order valence-corrected chi connectivity index (χ3v) is 7.37. The largest absolute Gasteiger partial charge is 0.468 e. The zero-order chi connectivity index (χ0) is 26.2. The second-order valence-corrected chi connectivity index (χ2v) is 9.82. The Morgan fingerprint density at radius 3 is 2.54 bits per heavy atom. The average Bonchev–Trinajstić information content (AvgIpc) is 3.73. The lowest BCUT2D eigenvalue weighted by atomic mass is 10.0. The van der Waals surface area contributed by atoms with E-state index in [-0.39, 0.29) is 12.4 Å². The Kier molecular flexibility index (Phi) is 6.06. The fourth-order valence-corrected chi connectivity index (χ4v) is 5.39. The molecule has 1 fully saturated rings. The van der Waals surface area contributed by atoms with Crippen molar-refractivity contribution in [1.82, 2.24) is 35.0 Å². The molecule has 3 aromatic heterocycles. The van der Waals surface area contributed by atoms with Crippen LogP contribution in [0.25, 0.3) is 10.9 Å². The highest BCUT2D eigenvalue weighted by atomic mass is 16.7. The van der Waals surface area contributed by atoms with E-state index in [4.69, 9.17) is 13.9 Å². The number of aromatic amines is 1. The van der Waals surface area contributed by atoms with Gasteiger partial charge in [0.2, 0.25) is 6.79 Å². The number of fused-ring (bicyclic) bond motifs is 2. The second-order valence-electron chi connectivity index (χ2n) is 9.82. The summed E-state index contributed by atoms with van der Waals surface area (Å²) in [5, 5.41) is 13.7. The Hall–Kier alpha value is -4.48. The number of H-pyrrole nitrogens is 1. The Morgan fingerprint density at radius 1 is 0.923 bits per heavy atom. The summed E-state index contributed by atoms with van der Waals surface area (Å²) in [4.78, 5) is 21.3. The first-order chi connectivity index (χ1) is 19.2. The normalized spacial score (nSPS) is 16.6. The molecule has 2 aliphatic rings. The number of ether oxygens (including phenoxy) is 2. The van der Waals surface area contributed by atoms with Crippen LogP contribution in [0.3, 0.4) is 0 Å². The number of aromatic nitrogens is 5. The molecule has 0 aliphatic carbocycles. The average molecular weight is 526 g/mol. The lowest BCUT2D eigenvalue weighted by molar-refractivity contribution is 0.0952. The van der Waals surface area contributed by atoms with Crippen molar-refractivity contribution in [3.63, 3.8) is 0 Å². The molecule has 11 nitrogen and oxygen atoms in total. The summed E-state index contributed by atoms with van der Waals surface area (Å²) in [7, 11) is 0. The number of pyridine rings is 1. The minimum absolute atomic E-state index is 0.169. The molecule has 1 saturated heterocycles. The first-order valence-corrected chi connectivity index (χ1v) is 13.0. The van der Waals surface area contributed by atoms with E-state index in [1.807, 2.05) is 60.7 Å². The Labute approximate surface area is 223 Å². The molecule has 0 bridgehead atoms. The van der Waals surface area contributed by atoms with Gasteiger partial charge in [0.25, 0.3) is 5.56 Å². The first-order valence-electron chi connectivity index (χ1n) is 13.0. The van der Waals surface area contributed by atoms with Crippen LogP contribution in [-0.4, -0.2) is 68.0 Å². The maximum atomic E-state index is 13.6. The fraction of sp³-hybridized carbons (Fsp3) is 0.286. The van der Waals surface area contributed by atoms with Crippen LogP contribution in [0.4, 0.5) is 0 Å². The predicted octanol–water partition coefficient (Wildman–Crippen LogP) is 2.79. The van der Waals surface area contributed by atoms with E-state index < -0.39 is 6.04 Å². The molecule has 39 heavy (non-hydrogen) atoms. The van der Waals surface area contributed by atoms with Crippen LogP contribution in [0.15, 0.2) is 76.1 Å². The number of furan rings is 1. The van der Waals surface area contributed by atoms with Crippen LogP contribution >= 0.6 is 0 Å². The molecule has 11 heteroatoms. The molecule has 0 saturated carbocycles. The van der Waals surface area contributed by atoms with Gasteiger partial charge in [0.1, 0.15) is 11.8 Å². The van der Waals surface area contributed by atoms with Crippen LogP contribution in [0.2, 0.25) is 0 Å². The molecule has 1 atom stereocenters. The number of tetrazole rings is 1. The lowest BCUT2D eigenvalue weighted by Crippen LogP contribution is -2.48. The van der Waals surface area contributed by atoms with Crippen molar-refractivity contribution in [2.75, 3.05) is 33.0 Å². The highest BCUT2D eigenvalue weighted by Gasteiger charge is 2.33. The van der Waals surface area contributed by atoms with E-state index in [1.54, 1.807) is 10.9 Å². The van der Waals surface area contributed by atoms with Crippen LogP contribution < -0.4 is 15.0 Å². The summed E-state index contributed by atoms with van der Waals surface area (Å²) in [6.45, 7) is 4.54. The van der Waals surface area contributed by atoms with Gasteiger partial charge in [-0.3, -0.25) is 14.6 Å². The lowest BCUT2D eigenvalue weighted by Gasteiger charge is -2.38. The van der Waals surface area contributed by atoms with Gasteiger partial charge < -0.3 is 18.9 Å². The van der Waals surface area contributed by atoms with Crippen molar-refractivity contribution < 1.29 is 13.9 Å². The number of nitrogens with one attached hydrogen (secondary N) is 1. The Balaban J connectivity index is 1.26. The van der Waals surface area contributed by atoms with Gasteiger partial charge in [-0.2, -0.15) is 0 Å². The second kappa shape index (κ2) is 10.0. The molecule has 7 rings (SSSR count). The van der Waals surface area contributed by atoms with Crippen molar-refractivity contribution in [1.29, 1.82) is 0 Å². The number of benzene rings is 2. The summed E-state index contributed by atoms with van der Waals surface area (Å²) < 4.78 is 18.4. The Morgan fingerprint density at radius 2 is 1.74 bits per heavy atom. The molecule has 5 aromatic rings. The van der Waals surface area contributed by atoms with Crippen molar-refractivity contribution >= 4 is 10.9 Å². The summed E-state index contributed by atoms with van der Waals surface area (Å²) >= 11 is 0. The molecule has 1 N–H and O–H groups in total. The van der Waals surface area contributed by atoms with Gasteiger partial charge in [0.15, 0.2) is 17.3 Å². The van der Waals surface area contributed by atoms with Crippen molar-refractivity contribution in [2.45, 2.75) is 19.1 Å². The number of hydrogen-bond acceptors (Lipinski definition) is 9. The SMILES string of the molecule is O=c1[nH]c2cc3c(cc2cc1C(c1nnnn1Cc1ccccc1)N1CCN(Cc2ccco2)CC1)OCO3. The maximum Gasteiger partial charge on any atom is 0.253 e. The standard InChI is InChI=1S/C28H27N7O4/c36-28-22(13-20-14-24-25(39-18-38-24)15-23(20)29-28)26(27-30-31-32-35(27)16-19-5-2-1-3-6-19)34-10-8-33(9-11-34)17-21-7-4-12-37-21/h1-7,12-15,26H,8-11,16-18H2,(H,29,36). The molecule has 0 amide bonds. The topological polar surface area (TPSA) is 115 Å². The third kappa shape index (κ3) is 4.66. The smallest absolute Gasteiger partial charge is 0.253 e. The third-order valence-electron chi connectivity index (χ3n) is 7.37. The predicted molar refractivity (Wildman–Crippen MR) is 141 cm³/mol. The summed E-state index contributed by atoms with van der Waals surface area (Å²) in [5.41, 5.74) is 2.18. The van der Waals surface area contributed by atoms with Gasteiger partial charge in [-0.15, -0.1) is 5.10 Å². The van der Waals surface area contributed by atoms with E-state index in [0.717, 1.165) is 49.4 Å². The molecule has 2 aromatic carbocycles. The molecular weight excluding hydrogens is 498 g/mol. The molecule has 5 heterocycles. The maximum absolute atomic E-state index is 13.6. The van der Waals surface area contributed by atoms with E-state index in [1.165, 1.54) is 0 Å². The van der Waals surface area contributed by atoms with E-state index in [0.29, 0.717) is 34.9 Å². The van der Waals surface area contributed by atoms with E-state index in [2.05, 4.69) is 30.3 Å². The van der Waals surface area contributed by atoms with Gasteiger partial charge in [-0.25, -0.2) is 4.68 Å². The van der Waals surface area contributed by atoms with Crippen LogP contribution in [0.1, 0.15) is 28.8 Å². The molecule has 0 spiro atoms. The Bertz CT molecular complexity index is 1640. The van der Waals surface area contributed by atoms with E-state index in [9.17, 15) is 4.79 Å². The zero-order valence-electron chi connectivity index (χ0n) is 21.2. The summed E-state index contributed by atoms with van der Waals surface area (Å²) in [6.07, 6.45) is 1.70. The van der Waals surface area contributed by atoms with Crippen LogP contribution in [0.5, 0.6) is 11.5 Å².